The van der Waals surface area contributed by atoms with Crippen LogP contribution in [0.4, 0.5) is 5.69 Å². The monoisotopic (exact) mass is 275 g/mol. The molecule has 1 aliphatic heterocycles. The van der Waals surface area contributed by atoms with Gasteiger partial charge in [-0.25, -0.2) is 0 Å². The van der Waals surface area contributed by atoms with E-state index < -0.39 is 0 Å². The standard InChI is InChI=1S/C14H17N3O3/c15-10-1-2-12-9(5-10)6-13(17-12)14(18)16-7-11-8-19-3-4-20-11/h1-2,5-6,11,17H,3-4,7-8,15H2,(H,16,18). The van der Waals surface area contributed by atoms with E-state index in [9.17, 15) is 4.79 Å². The number of anilines is 1. The van der Waals surface area contributed by atoms with Crippen molar-refractivity contribution in [2.24, 2.45) is 0 Å². The van der Waals surface area contributed by atoms with Crippen molar-refractivity contribution in [3.63, 3.8) is 0 Å². The second kappa shape index (κ2) is 5.52. The second-order valence-electron chi connectivity index (χ2n) is 4.81. The molecule has 0 aliphatic carbocycles. The minimum absolute atomic E-state index is 0.0762. The Morgan fingerprint density at radius 1 is 1.40 bits per heavy atom. The molecule has 6 heteroatoms. The van der Waals surface area contributed by atoms with Gasteiger partial charge >= 0.3 is 0 Å². The van der Waals surface area contributed by atoms with E-state index in [0.29, 0.717) is 37.7 Å². The molecule has 0 bridgehead atoms. The Hall–Kier alpha value is -2.05. The van der Waals surface area contributed by atoms with Gasteiger partial charge in [-0.15, -0.1) is 0 Å². The maximum absolute atomic E-state index is 12.1. The van der Waals surface area contributed by atoms with Gasteiger partial charge in [0, 0.05) is 23.1 Å². The van der Waals surface area contributed by atoms with E-state index in [2.05, 4.69) is 10.3 Å². The molecule has 0 saturated carbocycles. The maximum atomic E-state index is 12.1. The first-order valence-electron chi connectivity index (χ1n) is 6.58. The van der Waals surface area contributed by atoms with E-state index in [1.165, 1.54) is 0 Å². The number of aromatic amines is 1. The molecule has 106 valence electrons. The van der Waals surface area contributed by atoms with Crippen molar-refractivity contribution in [1.29, 1.82) is 0 Å². The number of H-pyrrole nitrogens is 1. The van der Waals surface area contributed by atoms with Crippen LogP contribution in [0.5, 0.6) is 0 Å². The van der Waals surface area contributed by atoms with Crippen LogP contribution in [0.25, 0.3) is 10.9 Å². The molecule has 1 aromatic carbocycles. The number of carbonyl (C=O) groups is 1. The minimum atomic E-state index is -0.158. The molecule has 20 heavy (non-hydrogen) atoms. The van der Waals surface area contributed by atoms with Gasteiger partial charge < -0.3 is 25.5 Å². The third-order valence-electron chi connectivity index (χ3n) is 3.26. The van der Waals surface area contributed by atoms with E-state index in [-0.39, 0.29) is 12.0 Å². The van der Waals surface area contributed by atoms with Gasteiger partial charge in [0.15, 0.2) is 0 Å². The van der Waals surface area contributed by atoms with Gasteiger partial charge in [-0.2, -0.15) is 0 Å². The fraction of sp³-hybridized carbons (Fsp3) is 0.357. The van der Waals surface area contributed by atoms with Crippen molar-refractivity contribution in [3.8, 4) is 0 Å². The number of nitrogens with two attached hydrogens (primary N) is 1. The number of ether oxygens (including phenoxy) is 2. The van der Waals surface area contributed by atoms with Crippen LogP contribution in [-0.2, 0) is 9.47 Å². The highest BCUT2D eigenvalue weighted by Crippen LogP contribution is 2.18. The van der Waals surface area contributed by atoms with E-state index in [0.717, 1.165) is 10.9 Å². The molecule has 1 aromatic heterocycles. The molecule has 3 rings (SSSR count). The van der Waals surface area contributed by atoms with Gasteiger partial charge in [-0.3, -0.25) is 4.79 Å². The molecule has 2 aromatic rings. The van der Waals surface area contributed by atoms with Gasteiger partial charge in [0.25, 0.3) is 5.91 Å². The number of carbonyl (C=O) groups excluding carboxylic acids is 1. The number of aromatic nitrogens is 1. The smallest absolute Gasteiger partial charge is 0.267 e. The number of fused-ring (bicyclic) bond motifs is 1. The molecule has 0 radical (unpaired) electrons. The van der Waals surface area contributed by atoms with Crippen molar-refractivity contribution in [2.75, 3.05) is 32.1 Å². The molecular weight excluding hydrogens is 258 g/mol. The lowest BCUT2D eigenvalue weighted by Gasteiger charge is -2.22. The molecule has 1 unspecified atom stereocenters. The van der Waals surface area contributed by atoms with Crippen LogP contribution in [0.1, 0.15) is 10.5 Å². The molecule has 1 saturated heterocycles. The van der Waals surface area contributed by atoms with Crippen LogP contribution in [-0.4, -0.2) is 43.4 Å². The number of hydrogen-bond acceptors (Lipinski definition) is 4. The summed E-state index contributed by atoms with van der Waals surface area (Å²) < 4.78 is 10.8. The van der Waals surface area contributed by atoms with Gasteiger partial charge in [0.2, 0.25) is 0 Å². The van der Waals surface area contributed by atoms with Crippen LogP contribution >= 0.6 is 0 Å². The van der Waals surface area contributed by atoms with E-state index in [1.807, 2.05) is 12.1 Å². The van der Waals surface area contributed by atoms with Crippen molar-refractivity contribution in [3.05, 3.63) is 30.0 Å². The molecule has 6 nitrogen and oxygen atoms in total. The summed E-state index contributed by atoms with van der Waals surface area (Å²) in [5.74, 6) is -0.158. The third-order valence-corrected chi connectivity index (χ3v) is 3.26. The highest BCUT2D eigenvalue weighted by atomic mass is 16.6. The lowest BCUT2D eigenvalue weighted by molar-refractivity contribution is -0.0855. The topological polar surface area (TPSA) is 89.4 Å². The molecule has 1 fully saturated rings. The largest absolute Gasteiger partial charge is 0.399 e. The molecule has 1 aliphatic rings. The first-order chi connectivity index (χ1) is 9.72. The molecule has 2 heterocycles. The summed E-state index contributed by atoms with van der Waals surface area (Å²) in [5.41, 5.74) is 7.80. The Morgan fingerprint density at radius 3 is 3.10 bits per heavy atom. The van der Waals surface area contributed by atoms with Crippen molar-refractivity contribution in [2.45, 2.75) is 6.10 Å². The number of rotatable bonds is 3. The summed E-state index contributed by atoms with van der Waals surface area (Å²) in [6.45, 7) is 2.15. The van der Waals surface area contributed by atoms with Gasteiger partial charge in [0.05, 0.1) is 25.9 Å². The Balaban J connectivity index is 1.65. The summed E-state index contributed by atoms with van der Waals surface area (Å²) in [6.07, 6.45) is -0.0762. The molecule has 1 atom stereocenters. The summed E-state index contributed by atoms with van der Waals surface area (Å²) in [7, 11) is 0. The number of nitrogens with one attached hydrogen (secondary N) is 2. The Morgan fingerprint density at radius 2 is 2.30 bits per heavy atom. The number of amides is 1. The Bertz CT molecular complexity index is 617. The number of nitrogen functional groups attached to an aromatic ring is 1. The second-order valence-corrected chi connectivity index (χ2v) is 4.81. The Labute approximate surface area is 116 Å². The van der Waals surface area contributed by atoms with Crippen LogP contribution < -0.4 is 11.1 Å². The molecule has 0 spiro atoms. The van der Waals surface area contributed by atoms with E-state index >= 15 is 0 Å². The van der Waals surface area contributed by atoms with Crippen LogP contribution in [0, 0.1) is 0 Å². The van der Waals surface area contributed by atoms with Crippen LogP contribution in [0.2, 0.25) is 0 Å². The average Bonchev–Trinajstić information content (AvgIpc) is 2.89. The zero-order valence-corrected chi connectivity index (χ0v) is 11.0. The normalized spacial score (nSPS) is 19.1. The van der Waals surface area contributed by atoms with Crippen molar-refractivity contribution >= 4 is 22.5 Å². The van der Waals surface area contributed by atoms with Crippen molar-refractivity contribution < 1.29 is 14.3 Å². The molecular formula is C14H17N3O3. The number of benzene rings is 1. The first kappa shape index (κ1) is 13.0. The van der Waals surface area contributed by atoms with E-state index in [4.69, 9.17) is 15.2 Å². The van der Waals surface area contributed by atoms with E-state index in [1.54, 1.807) is 12.1 Å². The van der Waals surface area contributed by atoms with Crippen molar-refractivity contribution in [1.82, 2.24) is 10.3 Å². The summed E-state index contributed by atoms with van der Waals surface area (Å²) in [5, 5.41) is 3.76. The summed E-state index contributed by atoms with van der Waals surface area (Å²) >= 11 is 0. The molecule has 4 N–H and O–H groups in total. The SMILES string of the molecule is Nc1ccc2[nH]c(C(=O)NCC3COCCO3)cc2c1. The molecule has 1 amide bonds. The summed E-state index contributed by atoms with van der Waals surface area (Å²) in [6, 6.07) is 7.28. The predicted octanol–water partition coefficient (Wildman–Crippen LogP) is 0.895. The average molecular weight is 275 g/mol. The first-order valence-corrected chi connectivity index (χ1v) is 6.58. The zero-order chi connectivity index (χ0) is 13.9. The minimum Gasteiger partial charge on any atom is -0.399 e. The highest BCUT2D eigenvalue weighted by molar-refractivity contribution is 5.98. The number of hydrogen-bond donors (Lipinski definition) is 3. The third kappa shape index (κ3) is 2.76. The Kier molecular flexibility index (Phi) is 3.58. The quantitative estimate of drug-likeness (QED) is 0.726. The lowest BCUT2D eigenvalue weighted by Crippen LogP contribution is -2.39. The van der Waals surface area contributed by atoms with Gasteiger partial charge in [0.1, 0.15) is 5.69 Å². The predicted molar refractivity (Wildman–Crippen MR) is 75.6 cm³/mol. The maximum Gasteiger partial charge on any atom is 0.267 e. The van der Waals surface area contributed by atoms with Crippen LogP contribution in [0.3, 0.4) is 0 Å². The van der Waals surface area contributed by atoms with Crippen LogP contribution in [0.15, 0.2) is 24.3 Å². The van der Waals surface area contributed by atoms with Gasteiger partial charge in [-0.05, 0) is 24.3 Å². The fourth-order valence-corrected chi connectivity index (χ4v) is 2.23. The zero-order valence-electron chi connectivity index (χ0n) is 11.0. The fourth-order valence-electron chi connectivity index (χ4n) is 2.23. The van der Waals surface area contributed by atoms with Gasteiger partial charge in [-0.1, -0.05) is 0 Å². The highest BCUT2D eigenvalue weighted by Gasteiger charge is 2.16. The summed E-state index contributed by atoms with van der Waals surface area (Å²) in [4.78, 5) is 15.1. The lowest BCUT2D eigenvalue weighted by atomic mass is 10.2.